The summed E-state index contributed by atoms with van der Waals surface area (Å²) in [5, 5.41) is 16.2. The van der Waals surface area contributed by atoms with Gasteiger partial charge in [0, 0.05) is 43.5 Å². The van der Waals surface area contributed by atoms with Crippen LogP contribution in [-0.4, -0.2) is 51.7 Å². The zero-order chi connectivity index (χ0) is 22.2. The van der Waals surface area contributed by atoms with Crippen LogP contribution in [0.25, 0.3) is 5.69 Å². The van der Waals surface area contributed by atoms with E-state index in [1.54, 1.807) is 18.2 Å². The van der Waals surface area contributed by atoms with E-state index in [2.05, 4.69) is 13.0 Å². The molecule has 1 saturated heterocycles. The Morgan fingerprint density at radius 2 is 1.66 bits per heavy atom. The summed E-state index contributed by atoms with van der Waals surface area (Å²) in [4.78, 5) is 28.3. The predicted octanol–water partition coefficient (Wildman–Crippen LogP) is 3.54. The Bertz CT molecular complexity index is 1190. The predicted molar refractivity (Wildman–Crippen MR) is 122 cm³/mol. The third-order valence-corrected chi connectivity index (χ3v) is 6.46. The van der Waals surface area contributed by atoms with E-state index in [-0.39, 0.29) is 16.5 Å². The number of aryl methyl sites for hydroxylation is 1. The molecule has 0 saturated carbocycles. The van der Waals surface area contributed by atoms with Crippen LogP contribution < -0.4 is 4.90 Å². The summed E-state index contributed by atoms with van der Waals surface area (Å²) in [5.41, 5.74) is 5.62. The molecule has 1 aliphatic carbocycles. The van der Waals surface area contributed by atoms with Crippen molar-refractivity contribution in [2.24, 2.45) is 0 Å². The monoisotopic (exact) mass is 431 g/mol. The summed E-state index contributed by atoms with van der Waals surface area (Å²) in [6.07, 6.45) is 2.83. The second kappa shape index (κ2) is 8.11. The van der Waals surface area contributed by atoms with Crippen molar-refractivity contribution in [2.75, 3.05) is 31.1 Å². The number of hydrogen-bond donors (Lipinski definition) is 0. The molecule has 2 aliphatic rings. The first-order chi connectivity index (χ1) is 15.5. The molecule has 1 fully saturated rings. The van der Waals surface area contributed by atoms with Crippen LogP contribution in [0.3, 0.4) is 0 Å². The first kappa shape index (κ1) is 20.2. The first-order valence-electron chi connectivity index (χ1n) is 11.0. The molecule has 1 aromatic heterocycles. The van der Waals surface area contributed by atoms with E-state index in [1.807, 2.05) is 32.7 Å². The fourth-order valence-electron chi connectivity index (χ4n) is 4.80. The first-order valence-corrected chi connectivity index (χ1v) is 11.0. The number of aromatic nitrogens is 2. The van der Waals surface area contributed by atoms with Gasteiger partial charge in [0.2, 0.25) is 0 Å². The largest absolute Gasteiger partial charge is 0.362 e. The summed E-state index contributed by atoms with van der Waals surface area (Å²) in [5.74, 6) is -0.0438. The van der Waals surface area contributed by atoms with Crippen molar-refractivity contribution < 1.29 is 9.72 Å². The van der Waals surface area contributed by atoms with Crippen LogP contribution in [0.4, 0.5) is 11.4 Å². The minimum absolute atomic E-state index is 0.0438. The van der Waals surface area contributed by atoms with Crippen LogP contribution in [-0.2, 0) is 12.8 Å². The lowest BCUT2D eigenvalue weighted by molar-refractivity contribution is -0.384. The van der Waals surface area contributed by atoms with Gasteiger partial charge in [-0.3, -0.25) is 14.9 Å². The summed E-state index contributed by atoms with van der Waals surface area (Å²) in [6.45, 7) is 4.18. The zero-order valence-electron chi connectivity index (χ0n) is 18.0. The van der Waals surface area contributed by atoms with Gasteiger partial charge in [-0.2, -0.15) is 5.10 Å². The molecule has 0 N–H and O–H groups in total. The molecule has 2 aromatic carbocycles. The van der Waals surface area contributed by atoms with Crippen LogP contribution in [0.1, 0.15) is 33.7 Å². The molecule has 3 aromatic rings. The fourth-order valence-corrected chi connectivity index (χ4v) is 4.80. The standard InChI is InChI=1S/C24H25N5O3/c1-17-7-2-3-9-19(17)28-20-12-6-8-18(20)23(25-28)24(30)27-15-13-26(14-16-27)21-10-4-5-11-22(21)29(31)32/h2-5,7,9-11H,6,8,12-16H2,1H3. The molecule has 2 heterocycles. The number of nitro benzene ring substituents is 1. The van der Waals surface area contributed by atoms with Crippen molar-refractivity contribution in [3.05, 3.63) is 81.2 Å². The maximum Gasteiger partial charge on any atom is 0.292 e. The van der Waals surface area contributed by atoms with Gasteiger partial charge in [-0.15, -0.1) is 0 Å². The molecule has 0 unspecified atom stereocenters. The average molecular weight is 431 g/mol. The molecular weight excluding hydrogens is 406 g/mol. The Kier molecular flexibility index (Phi) is 5.13. The quantitative estimate of drug-likeness (QED) is 0.466. The second-order valence-corrected chi connectivity index (χ2v) is 8.35. The maximum atomic E-state index is 13.4. The third kappa shape index (κ3) is 3.41. The van der Waals surface area contributed by atoms with Crippen LogP contribution in [0.15, 0.2) is 48.5 Å². The molecule has 0 radical (unpaired) electrons. The highest BCUT2D eigenvalue weighted by Crippen LogP contribution is 2.31. The molecule has 1 aliphatic heterocycles. The maximum absolute atomic E-state index is 13.4. The second-order valence-electron chi connectivity index (χ2n) is 8.35. The van der Waals surface area contributed by atoms with Gasteiger partial charge in [-0.05, 0) is 43.9 Å². The molecule has 0 spiro atoms. The molecular formula is C24H25N5O3. The lowest BCUT2D eigenvalue weighted by Gasteiger charge is -2.35. The van der Waals surface area contributed by atoms with Gasteiger partial charge in [-0.25, -0.2) is 4.68 Å². The Morgan fingerprint density at radius 1 is 0.969 bits per heavy atom. The summed E-state index contributed by atoms with van der Waals surface area (Å²) in [7, 11) is 0. The van der Waals surface area contributed by atoms with E-state index in [0.717, 1.165) is 41.8 Å². The number of nitrogens with zero attached hydrogens (tertiary/aromatic N) is 5. The number of benzene rings is 2. The van der Waals surface area contributed by atoms with Crippen molar-refractivity contribution in [3.8, 4) is 5.69 Å². The van der Waals surface area contributed by atoms with Crippen LogP contribution in [0.5, 0.6) is 0 Å². The summed E-state index contributed by atoms with van der Waals surface area (Å²) < 4.78 is 1.95. The van der Waals surface area contributed by atoms with Gasteiger partial charge < -0.3 is 9.80 Å². The fraction of sp³-hybridized carbons (Fsp3) is 0.333. The lowest BCUT2D eigenvalue weighted by atomic mass is 10.1. The average Bonchev–Trinajstić information content (AvgIpc) is 3.42. The molecule has 164 valence electrons. The number of fused-ring (bicyclic) bond motifs is 1. The minimum Gasteiger partial charge on any atom is -0.362 e. The zero-order valence-corrected chi connectivity index (χ0v) is 18.0. The molecule has 32 heavy (non-hydrogen) atoms. The SMILES string of the molecule is Cc1ccccc1-n1nc(C(=O)N2CCN(c3ccccc3[N+](=O)[O-])CC2)c2c1CCC2. The van der Waals surface area contributed by atoms with Gasteiger partial charge >= 0.3 is 0 Å². The van der Waals surface area contributed by atoms with Crippen molar-refractivity contribution in [1.29, 1.82) is 0 Å². The molecule has 0 bridgehead atoms. The van der Waals surface area contributed by atoms with Crippen molar-refractivity contribution in [3.63, 3.8) is 0 Å². The number of carbonyl (C=O) groups is 1. The van der Waals surface area contributed by atoms with Crippen LogP contribution >= 0.6 is 0 Å². The van der Waals surface area contributed by atoms with Crippen molar-refractivity contribution in [1.82, 2.24) is 14.7 Å². The van der Waals surface area contributed by atoms with Crippen LogP contribution in [0, 0.1) is 17.0 Å². The van der Waals surface area contributed by atoms with Gasteiger partial charge in [0.15, 0.2) is 5.69 Å². The van der Waals surface area contributed by atoms with E-state index < -0.39 is 0 Å². The van der Waals surface area contributed by atoms with E-state index in [1.165, 1.54) is 6.07 Å². The molecule has 8 nitrogen and oxygen atoms in total. The van der Waals surface area contributed by atoms with Crippen LogP contribution in [0.2, 0.25) is 0 Å². The van der Waals surface area contributed by atoms with E-state index in [9.17, 15) is 14.9 Å². The number of para-hydroxylation sites is 3. The minimum atomic E-state index is -0.353. The molecule has 5 rings (SSSR count). The molecule has 0 atom stereocenters. The third-order valence-electron chi connectivity index (χ3n) is 6.46. The van der Waals surface area contributed by atoms with E-state index in [4.69, 9.17) is 5.10 Å². The van der Waals surface area contributed by atoms with Gasteiger partial charge in [0.1, 0.15) is 5.69 Å². The van der Waals surface area contributed by atoms with Gasteiger partial charge in [-0.1, -0.05) is 30.3 Å². The summed E-state index contributed by atoms with van der Waals surface area (Å²) in [6, 6.07) is 14.9. The normalized spacial score (nSPS) is 15.7. The number of amides is 1. The lowest BCUT2D eigenvalue weighted by Crippen LogP contribution is -2.49. The highest BCUT2D eigenvalue weighted by molar-refractivity contribution is 5.94. The smallest absolute Gasteiger partial charge is 0.292 e. The number of carbonyl (C=O) groups excluding carboxylic acids is 1. The van der Waals surface area contributed by atoms with Crippen molar-refractivity contribution in [2.45, 2.75) is 26.2 Å². The number of nitro groups is 1. The number of hydrogen-bond acceptors (Lipinski definition) is 5. The highest BCUT2D eigenvalue weighted by Gasteiger charge is 2.32. The number of rotatable bonds is 4. The molecule has 8 heteroatoms. The van der Waals surface area contributed by atoms with E-state index >= 15 is 0 Å². The number of anilines is 1. The Hall–Kier alpha value is -3.68. The van der Waals surface area contributed by atoms with E-state index in [0.29, 0.717) is 37.6 Å². The Labute approximate surface area is 186 Å². The Morgan fingerprint density at radius 3 is 2.38 bits per heavy atom. The Balaban J connectivity index is 1.37. The summed E-state index contributed by atoms with van der Waals surface area (Å²) >= 11 is 0. The topological polar surface area (TPSA) is 84.5 Å². The van der Waals surface area contributed by atoms with Crippen molar-refractivity contribution >= 4 is 17.3 Å². The molecule has 1 amide bonds. The van der Waals surface area contributed by atoms with Gasteiger partial charge in [0.25, 0.3) is 11.6 Å². The van der Waals surface area contributed by atoms with Gasteiger partial charge in [0.05, 0.1) is 10.6 Å². The number of piperazine rings is 1. The highest BCUT2D eigenvalue weighted by atomic mass is 16.6.